The minimum absolute atomic E-state index is 0.0874. The van der Waals surface area contributed by atoms with Gasteiger partial charge in [0.1, 0.15) is 0 Å². The van der Waals surface area contributed by atoms with Gasteiger partial charge in [0.2, 0.25) is 0 Å². The molecule has 3 heteroatoms. The molecular formula is C11H17NO2. The summed E-state index contributed by atoms with van der Waals surface area (Å²) in [5.41, 5.74) is 6.52. The highest BCUT2D eigenvalue weighted by Gasteiger charge is 2.23. The Morgan fingerprint density at radius 2 is 1.93 bits per heavy atom. The Kier molecular flexibility index (Phi) is 3.01. The van der Waals surface area contributed by atoms with Crippen LogP contribution in [0.25, 0.3) is 0 Å². The summed E-state index contributed by atoms with van der Waals surface area (Å²) in [6.45, 7) is 4.61. The van der Waals surface area contributed by atoms with Gasteiger partial charge in [0.25, 0.3) is 0 Å². The SMILES string of the molecule is CCC(C)(CN)c1ccc(O)c(O)c1. The molecule has 1 rings (SSSR count). The van der Waals surface area contributed by atoms with Gasteiger partial charge >= 0.3 is 0 Å². The Balaban J connectivity index is 3.12. The molecule has 0 radical (unpaired) electrons. The van der Waals surface area contributed by atoms with Gasteiger partial charge in [0, 0.05) is 12.0 Å². The van der Waals surface area contributed by atoms with Crippen molar-refractivity contribution in [1.29, 1.82) is 0 Å². The fraction of sp³-hybridized carbons (Fsp3) is 0.455. The molecule has 0 saturated carbocycles. The van der Waals surface area contributed by atoms with Crippen molar-refractivity contribution in [2.24, 2.45) is 5.73 Å². The van der Waals surface area contributed by atoms with E-state index in [0.717, 1.165) is 12.0 Å². The first-order chi connectivity index (χ1) is 6.53. The van der Waals surface area contributed by atoms with Gasteiger partial charge in [0.05, 0.1) is 0 Å². The Morgan fingerprint density at radius 3 is 2.36 bits per heavy atom. The zero-order valence-corrected chi connectivity index (χ0v) is 8.62. The van der Waals surface area contributed by atoms with E-state index in [1.807, 2.05) is 6.92 Å². The standard InChI is InChI=1S/C11H17NO2/c1-3-11(2,7-12)8-4-5-9(13)10(14)6-8/h4-6,13-14H,3,7,12H2,1-2H3. The van der Waals surface area contributed by atoms with Crippen molar-refractivity contribution >= 4 is 0 Å². The molecule has 0 saturated heterocycles. The van der Waals surface area contributed by atoms with Crippen LogP contribution in [0.2, 0.25) is 0 Å². The van der Waals surface area contributed by atoms with Crippen LogP contribution in [-0.2, 0) is 5.41 Å². The molecule has 1 atom stereocenters. The fourth-order valence-electron chi connectivity index (χ4n) is 1.37. The van der Waals surface area contributed by atoms with Crippen LogP contribution in [0.1, 0.15) is 25.8 Å². The van der Waals surface area contributed by atoms with Crippen molar-refractivity contribution in [2.75, 3.05) is 6.54 Å². The van der Waals surface area contributed by atoms with Crippen LogP contribution in [0, 0.1) is 0 Å². The maximum absolute atomic E-state index is 9.36. The maximum atomic E-state index is 9.36. The first kappa shape index (κ1) is 10.9. The summed E-state index contributed by atoms with van der Waals surface area (Å²) < 4.78 is 0. The van der Waals surface area contributed by atoms with Crippen LogP contribution >= 0.6 is 0 Å². The zero-order chi connectivity index (χ0) is 10.8. The number of phenols is 2. The van der Waals surface area contributed by atoms with Gasteiger partial charge in [-0.1, -0.05) is 19.9 Å². The van der Waals surface area contributed by atoms with E-state index in [0.29, 0.717) is 6.54 Å². The molecule has 78 valence electrons. The maximum Gasteiger partial charge on any atom is 0.157 e. The molecule has 3 nitrogen and oxygen atoms in total. The predicted molar refractivity (Wildman–Crippen MR) is 56.5 cm³/mol. The number of nitrogens with two attached hydrogens (primary N) is 1. The molecular weight excluding hydrogens is 178 g/mol. The lowest BCUT2D eigenvalue weighted by atomic mass is 9.80. The minimum atomic E-state index is -0.134. The predicted octanol–water partition coefficient (Wildman–Crippen LogP) is 1.72. The van der Waals surface area contributed by atoms with Gasteiger partial charge in [-0.15, -0.1) is 0 Å². The Labute approximate surface area is 84.2 Å². The molecule has 0 aliphatic rings. The van der Waals surface area contributed by atoms with E-state index in [1.165, 1.54) is 6.07 Å². The van der Waals surface area contributed by atoms with Crippen LogP contribution in [-0.4, -0.2) is 16.8 Å². The highest BCUT2D eigenvalue weighted by molar-refractivity contribution is 5.43. The molecule has 1 aromatic carbocycles. The average Bonchev–Trinajstić information content (AvgIpc) is 2.21. The Morgan fingerprint density at radius 1 is 1.29 bits per heavy atom. The summed E-state index contributed by atoms with van der Waals surface area (Å²) in [5, 5.41) is 18.5. The zero-order valence-electron chi connectivity index (χ0n) is 8.62. The lowest BCUT2D eigenvalue weighted by Crippen LogP contribution is -2.30. The van der Waals surface area contributed by atoms with Gasteiger partial charge < -0.3 is 15.9 Å². The number of hydrogen-bond donors (Lipinski definition) is 3. The molecule has 0 fully saturated rings. The second-order valence-electron chi connectivity index (χ2n) is 3.82. The largest absolute Gasteiger partial charge is 0.504 e. The second kappa shape index (κ2) is 3.88. The van der Waals surface area contributed by atoms with Gasteiger partial charge in [-0.25, -0.2) is 0 Å². The summed E-state index contributed by atoms with van der Waals surface area (Å²) >= 11 is 0. The second-order valence-corrected chi connectivity index (χ2v) is 3.82. The highest BCUT2D eigenvalue weighted by atomic mass is 16.3. The molecule has 1 aromatic rings. The van der Waals surface area contributed by atoms with Gasteiger partial charge in [-0.05, 0) is 24.1 Å². The van der Waals surface area contributed by atoms with E-state index in [-0.39, 0.29) is 16.9 Å². The summed E-state index contributed by atoms with van der Waals surface area (Å²) in [7, 11) is 0. The number of aromatic hydroxyl groups is 2. The van der Waals surface area contributed by atoms with Crippen molar-refractivity contribution in [3.05, 3.63) is 23.8 Å². The van der Waals surface area contributed by atoms with Crippen molar-refractivity contribution in [2.45, 2.75) is 25.7 Å². The number of phenolic OH excluding ortho intramolecular Hbond substituents is 2. The molecule has 0 amide bonds. The average molecular weight is 195 g/mol. The van der Waals surface area contributed by atoms with E-state index in [2.05, 4.69) is 6.92 Å². The molecule has 0 aromatic heterocycles. The van der Waals surface area contributed by atoms with Crippen molar-refractivity contribution in [3.8, 4) is 11.5 Å². The minimum Gasteiger partial charge on any atom is -0.504 e. The third-order valence-electron chi connectivity index (χ3n) is 2.90. The molecule has 1 unspecified atom stereocenters. The van der Waals surface area contributed by atoms with Gasteiger partial charge in [-0.2, -0.15) is 0 Å². The van der Waals surface area contributed by atoms with Gasteiger partial charge in [0.15, 0.2) is 11.5 Å². The molecule has 0 spiro atoms. The van der Waals surface area contributed by atoms with Crippen molar-refractivity contribution < 1.29 is 10.2 Å². The van der Waals surface area contributed by atoms with Crippen molar-refractivity contribution in [1.82, 2.24) is 0 Å². The molecule has 0 aliphatic heterocycles. The smallest absolute Gasteiger partial charge is 0.157 e. The summed E-state index contributed by atoms with van der Waals surface area (Å²) in [5.74, 6) is -0.181. The topological polar surface area (TPSA) is 66.5 Å². The quantitative estimate of drug-likeness (QED) is 0.643. The molecule has 0 heterocycles. The lowest BCUT2D eigenvalue weighted by Gasteiger charge is -2.27. The van der Waals surface area contributed by atoms with E-state index < -0.39 is 0 Å². The summed E-state index contributed by atoms with van der Waals surface area (Å²) in [6.07, 6.45) is 0.897. The van der Waals surface area contributed by atoms with Crippen molar-refractivity contribution in [3.63, 3.8) is 0 Å². The van der Waals surface area contributed by atoms with E-state index >= 15 is 0 Å². The van der Waals surface area contributed by atoms with Gasteiger partial charge in [-0.3, -0.25) is 0 Å². The molecule has 0 bridgehead atoms. The summed E-state index contributed by atoms with van der Waals surface area (Å²) in [6, 6.07) is 4.87. The van der Waals surface area contributed by atoms with E-state index in [4.69, 9.17) is 5.73 Å². The third kappa shape index (κ3) is 1.82. The van der Waals surface area contributed by atoms with Crippen LogP contribution in [0.3, 0.4) is 0 Å². The fourth-order valence-corrected chi connectivity index (χ4v) is 1.37. The monoisotopic (exact) mass is 195 g/mol. The lowest BCUT2D eigenvalue weighted by molar-refractivity contribution is 0.398. The van der Waals surface area contributed by atoms with Crippen LogP contribution in [0.5, 0.6) is 11.5 Å². The number of rotatable bonds is 3. The van der Waals surface area contributed by atoms with Crippen LogP contribution in [0.4, 0.5) is 0 Å². The first-order valence-electron chi connectivity index (χ1n) is 4.76. The van der Waals surface area contributed by atoms with Crippen LogP contribution in [0.15, 0.2) is 18.2 Å². The Hall–Kier alpha value is -1.22. The number of hydrogen-bond acceptors (Lipinski definition) is 3. The first-order valence-corrected chi connectivity index (χ1v) is 4.76. The van der Waals surface area contributed by atoms with E-state index in [9.17, 15) is 10.2 Å². The van der Waals surface area contributed by atoms with Crippen LogP contribution < -0.4 is 5.73 Å². The number of benzene rings is 1. The van der Waals surface area contributed by atoms with E-state index in [1.54, 1.807) is 12.1 Å². The third-order valence-corrected chi connectivity index (χ3v) is 2.90. The normalized spacial score (nSPS) is 15.1. The summed E-state index contributed by atoms with van der Waals surface area (Å²) in [4.78, 5) is 0. The highest BCUT2D eigenvalue weighted by Crippen LogP contribution is 2.32. The molecule has 14 heavy (non-hydrogen) atoms. The molecule has 4 N–H and O–H groups in total. The molecule has 0 aliphatic carbocycles. The Bertz CT molecular complexity index is 319.